The molecule has 134 valence electrons. The summed E-state index contributed by atoms with van der Waals surface area (Å²) >= 11 is 3.48. The molecule has 6 nitrogen and oxygen atoms in total. The molecule has 0 fully saturated rings. The van der Waals surface area contributed by atoms with E-state index in [1.807, 2.05) is 41.8 Å². The lowest BCUT2D eigenvalue weighted by Gasteiger charge is -2.20. The van der Waals surface area contributed by atoms with Crippen molar-refractivity contribution in [3.8, 4) is 11.5 Å². The summed E-state index contributed by atoms with van der Waals surface area (Å²) in [7, 11) is 0. The first-order valence-electron chi connectivity index (χ1n) is 8.49. The standard InChI is InChI=1S/C19H18BrN3O3/c1-2-18-21-13-5-3-4-6-15(13)23(18)11-19(24)22-14-10-17-16(9-12(14)20)25-7-8-26-17/h3-6,9-10H,2,7-8,11H2,1H3,(H,22,24). The molecule has 2 aromatic carbocycles. The van der Waals surface area contributed by atoms with Crippen molar-refractivity contribution in [1.82, 2.24) is 9.55 Å². The van der Waals surface area contributed by atoms with Gasteiger partial charge in [0, 0.05) is 23.0 Å². The predicted octanol–water partition coefficient (Wildman–Crippen LogP) is 3.77. The minimum Gasteiger partial charge on any atom is -0.486 e. The number of aromatic nitrogens is 2. The number of hydrogen-bond acceptors (Lipinski definition) is 4. The molecular weight excluding hydrogens is 398 g/mol. The third kappa shape index (κ3) is 3.14. The van der Waals surface area contributed by atoms with Crippen LogP contribution in [0.3, 0.4) is 0 Å². The number of para-hydroxylation sites is 2. The molecule has 0 saturated heterocycles. The van der Waals surface area contributed by atoms with Crippen molar-refractivity contribution in [2.75, 3.05) is 18.5 Å². The molecule has 4 rings (SSSR count). The normalized spacial score (nSPS) is 13.0. The molecule has 0 aliphatic carbocycles. The Morgan fingerprint density at radius 1 is 1.23 bits per heavy atom. The van der Waals surface area contributed by atoms with Crippen LogP contribution in [0.2, 0.25) is 0 Å². The molecule has 0 saturated carbocycles. The van der Waals surface area contributed by atoms with Gasteiger partial charge in [0.1, 0.15) is 25.6 Å². The van der Waals surface area contributed by atoms with E-state index in [1.165, 1.54) is 0 Å². The van der Waals surface area contributed by atoms with Gasteiger partial charge in [-0.1, -0.05) is 19.1 Å². The first-order valence-corrected chi connectivity index (χ1v) is 9.28. The second-order valence-electron chi connectivity index (χ2n) is 5.98. The van der Waals surface area contributed by atoms with Gasteiger partial charge in [0.2, 0.25) is 5.91 Å². The number of amides is 1. The minimum atomic E-state index is -0.125. The summed E-state index contributed by atoms with van der Waals surface area (Å²) in [5, 5.41) is 2.94. The Labute approximate surface area is 159 Å². The van der Waals surface area contributed by atoms with Crippen LogP contribution in [0.4, 0.5) is 5.69 Å². The Morgan fingerprint density at radius 3 is 2.73 bits per heavy atom. The molecule has 0 atom stereocenters. The smallest absolute Gasteiger partial charge is 0.244 e. The molecule has 0 radical (unpaired) electrons. The zero-order valence-electron chi connectivity index (χ0n) is 14.3. The molecular formula is C19H18BrN3O3. The van der Waals surface area contributed by atoms with Crippen molar-refractivity contribution >= 4 is 38.6 Å². The number of hydrogen-bond donors (Lipinski definition) is 1. The van der Waals surface area contributed by atoms with Crippen LogP contribution >= 0.6 is 15.9 Å². The summed E-state index contributed by atoms with van der Waals surface area (Å²) in [6, 6.07) is 11.4. The van der Waals surface area contributed by atoms with Gasteiger partial charge in [0.05, 0.1) is 16.7 Å². The van der Waals surface area contributed by atoms with Gasteiger partial charge in [-0.3, -0.25) is 4.79 Å². The van der Waals surface area contributed by atoms with E-state index >= 15 is 0 Å². The van der Waals surface area contributed by atoms with Gasteiger partial charge in [0.25, 0.3) is 0 Å². The van der Waals surface area contributed by atoms with Crippen LogP contribution in [-0.2, 0) is 17.8 Å². The lowest BCUT2D eigenvalue weighted by Crippen LogP contribution is -2.21. The number of carbonyl (C=O) groups is 1. The van der Waals surface area contributed by atoms with E-state index in [4.69, 9.17) is 9.47 Å². The van der Waals surface area contributed by atoms with Gasteiger partial charge in [0.15, 0.2) is 11.5 Å². The van der Waals surface area contributed by atoms with Crippen molar-refractivity contribution in [2.45, 2.75) is 19.9 Å². The third-order valence-corrected chi connectivity index (χ3v) is 4.91. The number of halogens is 1. The summed E-state index contributed by atoms with van der Waals surface area (Å²) in [4.78, 5) is 17.3. The van der Waals surface area contributed by atoms with Gasteiger partial charge in [-0.15, -0.1) is 0 Å². The Morgan fingerprint density at radius 2 is 1.96 bits per heavy atom. The number of anilines is 1. The highest BCUT2D eigenvalue weighted by molar-refractivity contribution is 9.10. The Hall–Kier alpha value is -2.54. The summed E-state index contributed by atoms with van der Waals surface area (Å²) in [6.45, 7) is 3.26. The molecule has 0 bridgehead atoms. The average molecular weight is 416 g/mol. The number of nitrogens with zero attached hydrogens (tertiary/aromatic N) is 2. The second-order valence-corrected chi connectivity index (χ2v) is 6.83. The fraction of sp³-hybridized carbons (Fsp3) is 0.263. The molecule has 3 aromatic rings. The molecule has 0 spiro atoms. The molecule has 0 unspecified atom stereocenters. The highest BCUT2D eigenvalue weighted by Crippen LogP contribution is 2.38. The molecule has 2 heterocycles. The number of ether oxygens (including phenoxy) is 2. The first kappa shape index (κ1) is 16.9. The number of rotatable bonds is 4. The molecule has 1 aromatic heterocycles. The fourth-order valence-electron chi connectivity index (χ4n) is 3.06. The van der Waals surface area contributed by atoms with E-state index in [1.54, 1.807) is 6.07 Å². The Bertz CT molecular complexity index is 984. The fourth-order valence-corrected chi connectivity index (χ4v) is 3.49. The minimum absolute atomic E-state index is 0.125. The Balaban J connectivity index is 1.58. The maximum Gasteiger partial charge on any atom is 0.244 e. The van der Waals surface area contributed by atoms with Crippen LogP contribution in [-0.4, -0.2) is 28.7 Å². The van der Waals surface area contributed by atoms with Gasteiger partial charge < -0.3 is 19.4 Å². The van der Waals surface area contributed by atoms with E-state index in [0.29, 0.717) is 30.4 Å². The van der Waals surface area contributed by atoms with E-state index in [0.717, 1.165) is 27.8 Å². The van der Waals surface area contributed by atoms with Gasteiger partial charge in [-0.2, -0.15) is 0 Å². The SMILES string of the molecule is CCc1nc2ccccc2n1CC(=O)Nc1cc2c(cc1Br)OCCO2. The van der Waals surface area contributed by atoms with Crippen LogP contribution < -0.4 is 14.8 Å². The largest absolute Gasteiger partial charge is 0.486 e. The summed E-state index contributed by atoms with van der Waals surface area (Å²) in [6.07, 6.45) is 0.760. The zero-order valence-corrected chi connectivity index (χ0v) is 15.9. The average Bonchev–Trinajstić information content (AvgIpc) is 3.00. The maximum atomic E-state index is 12.7. The lowest BCUT2D eigenvalue weighted by atomic mass is 10.2. The van der Waals surface area contributed by atoms with E-state index in [-0.39, 0.29) is 12.5 Å². The second kappa shape index (κ2) is 6.99. The van der Waals surface area contributed by atoms with Crippen molar-refractivity contribution in [3.63, 3.8) is 0 Å². The quantitative estimate of drug-likeness (QED) is 0.704. The summed E-state index contributed by atoms with van der Waals surface area (Å²) < 4.78 is 13.8. The van der Waals surface area contributed by atoms with Crippen LogP contribution in [0, 0.1) is 0 Å². The third-order valence-electron chi connectivity index (χ3n) is 4.26. The van der Waals surface area contributed by atoms with Crippen molar-refractivity contribution in [1.29, 1.82) is 0 Å². The number of benzene rings is 2. The van der Waals surface area contributed by atoms with Crippen LogP contribution in [0.5, 0.6) is 11.5 Å². The lowest BCUT2D eigenvalue weighted by molar-refractivity contribution is -0.116. The maximum absolute atomic E-state index is 12.7. The van der Waals surface area contributed by atoms with Crippen molar-refractivity contribution < 1.29 is 14.3 Å². The van der Waals surface area contributed by atoms with Gasteiger partial charge >= 0.3 is 0 Å². The summed E-state index contributed by atoms with van der Waals surface area (Å²) in [5.41, 5.74) is 2.51. The van der Waals surface area contributed by atoms with Gasteiger partial charge in [-0.05, 0) is 28.1 Å². The van der Waals surface area contributed by atoms with Crippen molar-refractivity contribution in [3.05, 3.63) is 46.7 Å². The summed E-state index contributed by atoms with van der Waals surface area (Å²) in [5.74, 6) is 2.08. The first-order chi connectivity index (χ1) is 12.7. The monoisotopic (exact) mass is 415 g/mol. The highest BCUT2D eigenvalue weighted by Gasteiger charge is 2.17. The topological polar surface area (TPSA) is 65.4 Å². The van der Waals surface area contributed by atoms with Gasteiger partial charge in [-0.25, -0.2) is 4.98 Å². The number of fused-ring (bicyclic) bond motifs is 2. The number of aryl methyl sites for hydroxylation is 1. The van der Waals surface area contributed by atoms with Crippen LogP contribution in [0.1, 0.15) is 12.7 Å². The number of imidazole rings is 1. The predicted molar refractivity (Wildman–Crippen MR) is 103 cm³/mol. The molecule has 1 amide bonds. The van der Waals surface area contributed by atoms with Crippen molar-refractivity contribution in [2.24, 2.45) is 0 Å². The number of nitrogens with one attached hydrogen (secondary N) is 1. The zero-order chi connectivity index (χ0) is 18.1. The van der Waals surface area contributed by atoms with E-state index in [2.05, 4.69) is 26.2 Å². The molecule has 7 heteroatoms. The highest BCUT2D eigenvalue weighted by atomic mass is 79.9. The number of carbonyl (C=O) groups excluding carboxylic acids is 1. The van der Waals surface area contributed by atoms with Crippen LogP contribution in [0.25, 0.3) is 11.0 Å². The van der Waals surface area contributed by atoms with Crippen LogP contribution in [0.15, 0.2) is 40.9 Å². The Kier molecular flexibility index (Phi) is 4.55. The molecule has 26 heavy (non-hydrogen) atoms. The van der Waals surface area contributed by atoms with E-state index < -0.39 is 0 Å². The molecule has 1 aliphatic rings. The molecule has 1 aliphatic heterocycles. The van der Waals surface area contributed by atoms with E-state index in [9.17, 15) is 4.79 Å². The molecule has 1 N–H and O–H groups in total.